The first kappa shape index (κ1) is 14.2. The van der Waals surface area contributed by atoms with Crippen LogP contribution in [0.4, 0.5) is 4.39 Å². The predicted octanol–water partition coefficient (Wildman–Crippen LogP) is 5.16. The van der Waals surface area contributed by atoms with Gasteiger partial charge in [0.1, 0.15) is 5.82 Å². The molecule has 94 valence electrons. The molecule has 0 saturated carbocycles. The maximum Gasteiger partial charge on any atom is 0.142 e. The Morgan fingerprint density at radius 3 is 2.22 bits per heavy atom. The molecule has 2 N–H and O–H groups in total. The first-order valence-electron chi connectivity index (χ1n) is 5.14. The van der Waals surface area contributed by atoms with Crippen LogP contribution in [-0.4, -0.2) is 0 Å². The highest BCUT2D eigenvalue weighted by Gasteiger charge is 2.16. The molecule has 0 aliphatic rings. The zero-order chi connectivity index (χ0) is 13.3. The summed E-state index contributed by atoms with van der Waals surface area (Å²) in [6, 6.07) is 10.3. The van der Waals surface area contributed by atoms with Crippen LogP contribution in [0.1, 0.15) is 17.2 Å². The summed E-state index contributed by atoms with van der Waals surface area (Å²) in [6.07, 6.45) is 0. The van der Waals surface area contributed by atoms with Crippen molar-refractivity contribution in [1.82, 2.24) is 0 Å². The molecule has 1 nitrogen and oxygen atoms in total. The molecule has 0 aliphatic carbocycles. The van der Waals surface area contributed by atoms with Gasteiger partial charge < -0.3 is 5.73 Å². The van der Waals surface area contributed by atoms with Crippen molar-refractivity contribution < 1.29 is 4.39 Å². The van der Waals surface area contributed by atoms with Crippen LogP contribution in [0.5, 0.6) is 0 Å². The maximum absolute atomic E-state index is 14.0. The van der Waals surface area contributed by atoms with Gasteiger partial charge >= 0.3 is 0 Å². The van der Waals surface area contributed by atoms with Gasteiger partial charge in [-0.25, -0.2) is 4.39 Å². The Hall–Kier alpha value is -0.230. The van der Waals surface area contributed by atoms with E-state index in [9.17, 15) is 4.39 Å². The number of benzene rings is 2. The normalized spacial score (nSPS) is 12.5. The third kappa shape index (κ3) is 3.02. The molecular weight excluding hydrogens is 429 g/mol. The number of hydrogen-bond acceptors (Lipinski definition) is 1. The third-order valence-corrected chi connectivity index (χ3v) is 4.09. The van der Waals surface area contributed by atoms with Gasteiger partial charge in [-0.3, -0.25) is 0 Å². The minimum Gasteiger partial charge on any atom is -0.320 e. The van der Waals surface area contributed by atoms with Crippen LogP contribution in [0.15, 0.2) is 49.8 Å². The van der Waals surface area contributed by atoms with Gasteiger partial charge in [-0.1, -0.05) is 44.0 Å². The minimum atomic E-state index is -0.503. The summed E-state index contributed by atoms with van der Waals surface area (Å²) in [4.78, 5) is 0. The largest absolute Gasteiger partial charge is 0.320 e. The van der Waals surface area contributed by atoms with E-state index in [4.69, 9.17) is 5.73 Å². The van der Waals surface area contributed by atoms with Crippen molar-refractivity contribution >= 4 is 47.8 Å². The fourth-order valence-electron chi connectivity index (χ4n) is 1.69. The van der Waals surface area contributed by atoms with E-state index in [0.29, 0.717) is 10.0 Å². The summed E-state index contributed by atoms with van der Waals surface area (Å²) >= 11 is 9.96. The smallest absolute Gasteiger partial charge is 0.142 e. The zero-order valence-electron chi connectivity index (χ0n) is 9.13. The number of rotatable bonds is 2. The minimum absolute atomic E-state index is 0.318. The summed E-state index contributed by atoms with van der Waals surface area (Å²) in [5.74, 6) is -0.318. The first-order valence-corrected chi connectivity index (χ1v) is 7.52. The second-order valence-corrected chi connectivity index (χ2v) is 6.51. The van der Waals surface area contributed by atoms with Crippen LogP contribution in [0.25, 0.3) is 0 Å². The fraction of sp³-hybridized carbons (Fsp3) is 0.0769. The summed E-state index contributed by atoms with van der Waals surface area (Å²) < 4.78 is 16.2. The molecule has 0 heterocycles. The van der Waals surface area contributed by atoms with Crippen molar-refractivity contribution in [1.29, 1.82) is 0 Å². The van der Waals surface area contributed by atoms with Crippen LogP contribution in [-0.2, 0) is 0 Å². The highest BCUT2D eigenvalue weighted by Crippen LogP contribution is 2.30. The molecule has 2 aromatic rings. The Labute approximate surface area is 130 Å². The van der Waals surface area contributed by atoms with Crippen molar-refractivity contribution in [3.63, 3.8) is 0 Å². The van der Waals surface area contributed by atoms with Gasteiger partial charge in [0.15, 0.2) is 0 Å². The lowest BCUT2D eigenvalue weighted by Crippen LogP contribution is -2.14. The van der Waals surface area contributed by atoms with Crippen LogP contribution >= 0.6 is 47.8 Å². The van der Waals surface area contributed by atoms with Gasteiger partial charge in [0.2, 0.25) is 0 Å². The predicted molar refractivity (Wildman–Crippen MR) is 82.0 cm³/mol. The average molecular weight is 438 g/mol. The van der Waals surface area contributed by atoms with Crippen LogP contribution < -0.4 is 5.73 Å². The lowest BCUT2D eigenvalue weighted by molar-refractivity contribution is 0.593. The Balaban J connectivity index is 2.47. The fourth-order valence-corrected chi connectivity index (χ4v) is 3.41. The molecule has 0 spiro atoms. The molecule has 0 fully saturated rings. The second-order valence-electron chi connectivity index (χ2n) is 3.82. The molecular formula is C13H9Br3FN. The van der Waals surface area contributed by atoms with E-state index in [-0.39, 0.29) is 5.82 Å². The standard InChI is InChI=1S/C13H9Br3FN/c14-8-4-7(5-9(15)6-8)13(18)10-2-1-3-11(16)12(10)17/h1-6,13H,18H2. The molecule has 1 unspecified atom stereocenters. The second kappa shape index (κ2) is 5.82. The van der Waals surface area contributed by atoms with E-state index >= 15 is 0 Å². The highest BCUT2D eigenvalue weighted by molar-refractivity contribution is 9.11. The summed E-state index contributed by atoms with van der Waals surface area (Å²) in [6.45, 7) is 0. The van der Waals surface area contributed by atoms with Crippen LogP contribution in [0.3, 0.4) is 0 Å². The molecule has 0 aliphatic heterocycles. The monoisotopic (exact) mass is 435 g/mol. The molecule has 0 radical (unpaired) electrons. The molecule has 18 heavy (non-hydrogen) atoms. The van der Waals surface area contributed by atoms with Gasteiger partial charge in [-0.2, -0.15) is 0 Å². The third-order valence-electron chi connectivity index (χ3n) is 2.56. The Morgan fingerprint density at radius 2 is 1.61 bits per heavy atom. The van der Waals surface area contributed by atoms with Crippen molar-refractivity contribution in [3.8, 4) is 0 Å². The Kier molecular flexibility index (Phi) is 4.59. The molecule has 2 rings (SSSR count). The van der Waals surface area contributed by atoms with E-state index in [0.717, 1.165) is 14.5 Å². The van der Waals surface area contributed by atoms with Gasteiger partial charge in [0.25, 0.3) is 0 Å². The highest BCUT2D eigenvalue weighted by atomic mass is 79.9. The quantitative estimate of drug-likeness (QED) is 0.689. The van der Waals surface area contributed by atoms with Crippen LogP contribution in [0, 0.1) is 5.82 Å². The van der Waals surface area contributed by atoms with E-state index in [2.05, 4.69) is 47.8 Å². The van der Waals surface area contributed by atoms with Gasteiger partial charge in [0.05, 0.1) is 10.5 Å². The van der Waals surface area contributed by atoms with Crippen LogP contribution in [0.2, 0.25) is 0 Å². The summed E-state index contributed by atoms with van der Waals surface area (Å²) in [5, 5.41) is 0. The number of halogens is 4. The number of hydrogen-bond donors (Lipinski definition) is 1. The Morgan fingerprint density at radius 1 is 1.00 bits per heavy atom. The molecule has 0 aromatic heterocycles. The van der Waals surface area contributed by atoms with Crippen molar-refractivity contribution in [3.05, 3.63) is 66.8 Å². The van der Waals surface area contributed by atoms with Crippen molar-refractivity contribution in [2.75, 3.05) is 0 Å². The maximum atomic E-state index is 14.0. The molecule has 0 bridgehead atoms. The Bertz CT molecular complexity index is 566. The summed E-state index contributed by atoms with van der Waals surface area (Å²) in [5.41, 5.74) is 7.43. The molecule has 2 aromatic carbocycles. The van der Waals surface area contributed by atoms with E-state index in [1.807, 2.05) is 18.2 Å². The number of nitrogens with two attached hydrogens (primary N) is 1. The molecule has 5 heteroatoms. The van der Waals surface area contributed by atoms with E-state index < -0.39 is 6.04 Å². The van der Waals surface area contributed by atoms with Gasteiger partial charge in [-0.15, -0.1) is 0 Å². The summed E-state index contributed by atoms with van der Waals surface area (Å²) in [7, 11) is 0. The zero-order valence-corrected chi connectivity index (χ0v) is 13.9. The average Bonchev–Trinajstić information content (AvgIpc) is 2.30. The lowest BCUT2D eigenvalue weighted by Gasteiger charge is -2.15. The van der Waals surface area contributed by atoms with Gasteiger partial charge in [0, 0.05) is 14.5 Å². The SMILES string of the molecule is NC(c1cc(Br)cc(Br)c1)c1cccc(Br)c1F. The van der Waals surface area contributed by atoms with E-state index in [1.54, 1.807) is 18.2 Å². The molecule has 1 atom stereocenters. The van der Waals surface area contributed by atoms with Crippen molar-refractivity contribution in [2.45, 2.75) is 6.04 Å². The first-order chi connectivity index (χ1) is 8.49. The van der Waals surface area contributed by atoms with Crippen molar-refractivity contribution in [2.24, 2.45) is 5.73 Å². The van der Waals surface area contributed by atoms with Gasteiger partial charge in [-0.05, 0) is 45.8 Å². The molecule has 0 amide bonds. The molecule has 0 saturated heterocycles. The topological polar surface area (TPSA) is 26.0 Å². The van der Waals surface area contributed by atoms with E-state index in [1.165, 1.54) is 0 Å². The lowest BCUT2D eigenvalue weighted by atomic mass is 9.99.